The van der Waals surface area contributed by atoms with Gasteiger partial charge in [-0.25, -0.2) is 0 Å². The molecule has 1 fully saturated rings. The lowest BCUT2D eigenvalue weighted by atomic mass is 9.86. The molecule has 1 saturated heterocycles. The van der Waals surface area contributed by atoms with Gasteiger partial charge in [-0.15, -0.1) is 0 Å². The van der Waals surface area contributed by atoms with Crippen LogP contribution in [0.3, 0.4) is 0 Å². The van der Waals surface area contributed by atoms with Crippen molar-refractivity contribution >= 4 is 5.97 Å². The van der Waals surface area contributed by atoms with Crippen molar-refractivity contribution < 1.29 is 14.6 Å². The van der Waals surface area contributed by atoms with E-state index in [0.29, 0.717) is 0 Å². The molecule has 3 nitrogen and oxygen atoms in total. The van der Waals surface area contributed by atoms with Crippen molar-refractivity contribution in [1.29, 1.82) is 0 Å². The number of carbonyl (C=O) groups excluding carboxylic acids is 1. The van der Waals surface area contributed by atoms with Crippen LogP contribution >= 0.6 is 0 Å². The molecule has 0 radical (unpaired) electrons. The summed E-state index contributed by atoms with van der Waals surface area (Å²) in [4.78, 5) is 11.6. The van der Waals surface area contributed by atoms with E-state index < -0.39 is 6.10 Å². The summed E-state index contributed by atoms with van der Waals surface area (Å²) in [6.07, 6.45) is 18.7. The molecule has 1 rings (SSSR count). The second kappa shape index (κ2) is 14.6. The molecule has 0 amide bonds. The van der Waals surface area contributed by atoms with Gasteiger partial charge in [0.05, 0.1) is 12.0 Å². The van der Waals surface area contributed by atoms with Crippen molar-refractivity contribution in [3.63, 3.8) is 0 Å². The van der Waals surface area contributed by atoms with Gasteiger partial charge in [0, 0.05) is 0 Å². The zero-order chi connectivity index (χ0) is 18.3. The van der Waals surface area contributed by atoms with Crippen LogP contribution < -0.4 is 0 Å². The Hall–Kier alpha value is -0.570. The molecule has 3 atom stereocenters. The van der Waals surface area contributed by atoms with Gasteiger partial charge in [0.2, 0.25) is 0 Å². The summed E-state index contributed by atoms with van der Waals surface area (Å²) in [5, 5.41) is 10.3. The van der Waals surface area contributed by atoms with Gasteiger partial charge in [0.15, 0.2) is 0 Å². The van der Waals surface area contributed by atoms with Crippen LogP contribution in [0.2, 0.25) is 0 Å². The Bertz CT molecular complexity index is 329. The fourth-order valence-electron chi connectivity index (χ4n) is 3.79. The Morgan fingerprint density at radius 1 is 0.800 bits per heavy atom. The zero-order valence-electron chi connectivity index (χ0n) is 16.8. The second-order valence-corrected chi connectivity index (χ2v) is 7.90. The van der Waals surface area contributed by atoms with Crippen LogP contribution in [0.15, 0.2) is 0 Å². The van der Waals surface area contributed by atoms with E-state index in [2.05, 4.69) is 13.8 Å². The zero-order valence-corrected chi connectivity index (χ0v) is 16.8. The molecule has 0 aromatic rings. The number of rotatable bonds is 17. The van der Waals surface area contributed by atoms with Crippen molar-refractivity contribution in [1.82, 2.24) is 0 Å². The average molecular weight is 355 g/mol. The summed E-state index contributed by atoms with van der Waals surface area (Å²) in [6, 6.07) is 0. The van der Waals surface area contributed by atoms with Gasteiger partial charge >= 0.3 is 5.97 Å². The van der Waals surface area contributed by atoms with Crippen LogP contribution in [-0.4, -0.2) is 23.3 Å². The third-order valence-electron chi connectivity index (χ3n) is 5.55. The summed E-state index contributed by atoms with van der Waals surface area (Å²) < 4.78 is 5.22. The van der Waals surface area contributed by atoms with E-state index in [9.17, 15) is 9.90 Å². The lowest BCUT2D eigenvalue weighted by Gasteiger charge is -2.38. The third kappa shape index (κ3) is 9.63. The maximum absolute atomic E-state index is 11.6. The molecule has 25 heavy (non-hydrogen) atoms. The Kier molecular flexibility index (Phi) is 13.1. The first kappa shape index (κ1) is 22.5. The quantitative estimate of drug-likeness (QED) is 0.251. The molecule has 0 aromatic carbocycles. The molecular formula is C22H42O3. The molecule has 1 aliphatic heterocycles. The summed E-state index contributed by atoms with van der Waals surface area (Å²) in [5.41, 5.74) is 0. The molecule has 148 valence electrons. The first-order valence-corrected chi connectivity index (χ1v) is 11.1. The highest BCUT2D eigenvalue weighted by atomic mass is 16.6. The average Bonchev–Trinajstić information content (AvgIpc) is 2.60. The molecule has 0 unspecified atom stereocenters. The molecule has 1 heterocycles. The largest absolute Gasteiger partial charge is 0.458 e. The molecule has 0 saturated carbocycles. The molecule has 0 aromatic heterocycles. The molecule has 3 heteroatoms. The first-order valence-electron chi connectivity index (χ1n) is 11.1. The fourth-order valence-corrected chi connectivity index (χ4v) is 3.79. The van der Waals surface area contributed by atoms with Gasteiger partial charge in [0.25, 0.3) is 0 Å². The third-order valence-corrected chi connectivity index (χ3v) is 5.55. The highest BCUT2D eigenvalue weighted by molar-refractivity contribution is 5.78. The molecule has 0 bridgehead atoms. The maximum atomic E-state index is 11.6. The summed E-state index contributed by atoms with van der Waals surface area (Å²) in [6.45, 7) is 4.45. The minimum absolute atomic E-state index is 0.0463. The Morgan fingerprint density at radius 2 is 1.28 bits per heavy atom. The number of esters is 1. The topological polar surface area (TPSA) is 46.5 Å². The first-order chi connectivity index (χ1) is 12.2. The summed E-state index contributed by atoms with van der Waals surface area (Å²) in [5.74, 6) is -0.140. The highest BCUT2D eigenvalue weighted by Crippen LogP contribution is 2.31. The number of unbranched alkanes of at least 4 members (excludes halogenated alkanes) is 12. The van der Waals surface area contributed by atoms with Crippen LogP contribution in [0.5, 0.6) is 0 Å². The smallest absolute Gasteiger partial charge is 0.313 e. The van der Waals surface area contributed by atoms with E-state index >= 15 is 0 Å². The maximum Gasteiger partial charge on any atom is 0.313 e. The Morgan fingerprint density at radius 3 is 1.80 bits per heavy atom. The number of ether oxygens (including phenoxy) is 1. The number of hydrogen-bond acceptors (Lipinski definition) is 3. The van der Waals surface area contributed by atoms with E-state index in [-0.39, 0.29) is 18.0 Å². The highest BCUT2D eigenvalue weighted by Gasteiger charge is 2.45. The monoisotopic (exact) mass is 354 g/mol. The van der Waals surface area contributed by atoms with Crippen molar-refractivity contribution in [3.8, 4) is 0 Å². The SMILES string of the molecule is CCCCCCCCCCCC[C@@H](O)[C@H]1OC(=O)[C@H]1CCCCCC. The van der Waals surface area contributed by atoms with E-state index in [1.54, 1.807) is 0 Å². The summed E-state index contributed by atoms with van der Waals surface area (Å²) in [7, 11) is 0. The fraction of sp³-hybridized carbons (Fsp3) is 0.955. The number of aliphatic hydroxyl groups is 1. The standard InChI is InChI=1S/C22H42O3/c1-3-5-7-9-10-11-12-13-14-16-18-20(23)21-19(22(24)25-21)17-15-8-6-4-2/h19-21,23H,3-18H2,1-2H3/t19-,20+,21-/m0/s1. The van der Waals surface area contributed by atoms with Crippen molar-refractivity contribution in [2.75, 3.05) is 0 Å². The normalized spacial score (nSPS) is 21.0. The van der Waals surface area contributed by atoms with Crippen LogP contribution in [0, 0.1) is 5.92 Å². The van der Waals surface area contributed by atoms with Crippen molar-refractivity contribution in [2.45, 2.75) is 129 Å². The van der Waals surface area contributed by atoms with E-state index in [1.807, 2.05) is 0 Å². The van der Waals surface area contributed by atoms with Crippen molar-refractivity contribution in [3.05, 3.63) is 0 Å². The minimum Gasteiger partial charge on any atom is -0.458 e. The summed E-state index contributed by atoms with van der Waals surface area (Å²) >= 11 is 0. The van der Waals surface area contributed by atoms with Crippen LogP contribution in [-0.2, 0) is 9.53 Å². The van der Waals surface area contributed by atoms with Gasteiger partial charge in [-0.1, -0.05) is 104 Å². The molecule has 1 N–H and O–H groups in total. The molecular weight excluding hydrogens is 312 g/mol. The van der Waals surface area contributed by atoms with Gasteiger partial charge < -0.3 is 9.84 Å². The lowest BCUT2D eigenvalue weighted by molar-refractivity contribution is -0.199. The predicted molar refractivity (Wildman–Crippen MR) is 105 cm³/mol. The number of cyclic esters (lactones) is 1. The second-order valence-electron chi connectivity index (χ2n) is 7.90. The van der Waals surface area contributed by atoms with E-state index in [0.717, 1.165) is 25.7 Å². The number of carbonyl (C=O) groups is 1. The lowest BCUT2D eigenvalue weighted by Crippen LogP contribution is -2.51. The van der Waals surface area contributed by atoms with Gasteiger partial charge in [-0.3, -0.25) is 4.79 Å². The number of hydrogen-bond donors (Lipinski definition) is 1. The van der Waals surface area contributed by atoms with Gasteiger partial charge in [-0.05, 0) is 12.8 Å². The molecule has 0 spiro atoms. The molecule has 1 aliphatic rings. The Labute approximate surface area is 155 Å². The number of aliphatic hydroxyl groups excluding tert-OH is 1. The van der Waals surface area contributed by atoms with Crippen LogP contribution in [0.4, 0.5) is 0 Å². The van der Waals surface area contributed by atoms with Crippen molar-refractivity contribution in [2.24, 2.45) is 5.92 Å². The predicted octanol–water partition coefficient (Wildman–Crippen LogP) is 6.17. The minimum atomic E-state index is -0.456. The Balaban J connectivity index is 1.98. The van der Waals surface area contributed by atoms with Crippen LogP contribution in [0.25, 0.3) is 0 Å². The van der Waals surface area contributed by atoms with E-state index in [4.69, 9.17) is 4.74 Å². The van der Waals surface area contributed by atoms with E-state index in [1.165, 1.54) is 77.0 Å². The molecule has 0 aliphatic carbocycles. The van der Waals surface area contributed by atoms with Gasteiger partial charge in [-0.2, -0.15) is 0 Å². The van der Waals surface area contributed by atoms with Crippen LogP contribution in [0.1, 0.15) is 117 Å². The van der Waals surface area contributed by atoms with Gasteiger partial charge in [0.1, 0.15) is 6.10 Å².